The van der Waals surface area contributed by atoms with Crippen LogP contribution < -0.4 is 0 Å². The summed E-state index contributed by atoms with van der Waals surface area (Å²) < 4.78 is 11.9. The lowest BCUT2D eigenvalue weighted by Crippen LogP contribution is -2.38. The van der Waals surface area contributed by atoms with Crippen molar-refractivity contribution >= 4 is 0 Å². The van der Waals surface area contributed by atoms with Gasteiger partial charge in [-0.1, -0.05) is 6.42 Å². The molecule has 1 aliphatic heterocycles. The number of likely N-dealkylation sites (tertiary alicyclic amines) is 1. The number of hydrogen-bond donors (Lipinski definition) is 0. The molecule has 0 aliphatic carbocycles. The highest BCUT2D eigenvalue weighted by molar-refractivity contribution is 4.72. The molecule has 1 nitrogen and oxygen atoms in total. The summed E-state index contributed by atoms with van der Waals surface area (Å²) in [4.78, 5) is 2.24. The summed E-state index contributed by atoms with van der Waals surface area (Å²) in [5.41, 5.74) is 0. The standard InChI is InChI=1S/C8H16FN/c1-8-4-2-3-6-10(8)7-5-9/h8H,2-7H2,1H3/t8-/m1/s1. The Bertz CT molecular complexity index is 93.3. The summed E-state index contributed by atoms with van der Waals surface area (Å²) in [6.07, 6.45) is 3.83. The van der Waals surface area contributed by atoms with Gasteiger partial charge in [-0.25, -0.2) is 4.39 Å². The van der Waals surface area contributed by atoms with Crippen molar-refractivity contribution in [3.05, 3.63) is 0 Å². The van der Waals surface area contributed by atoms with Gasteiger partial charge in [-0.3, -0.25) is 4.90 Å². The molecule has 0 amide bonds. The van der Waals surface area contributed by atoms with Gasteiger partial charge >= 0.3 is 0 Å². The Balaban J connectivity index is 2.25. The summed E-state index contributed by atoms with van der Waals surface area (Å²) in [7, 11) is 0. The highest BCUT2D eigenvalue weighted by atomic mass is 19.1. The molecular formula is C8H16FN. The van der Waals surface area contributed by atoms with Crippen molar-refractivity contribution in [1.82, 2.24) is 4.90 Å². The summed E-state index contributed by atoms with van der Waals surface area (Å²) in [6, 6.07) is 0.615. The van der Waals surface area contributed by atoms with Crippen molar-refractivity contribution in [3.63, 3.8) is 0 Å². The third-order valence-corrected chi connectivity index (χ3v) is 2.31. The normalized spacial score (nSPS) is 28.8. The minimum absolute atomic E-state index is 0.190. The minimum Gasteiger partial charge on any atom is -0.298 e. The van der Waals surface area contributed by atoms with E-state index >= 15 is 0 Å². The molecule has 0 aromatic heterocycles. The molecule has 0 aromatic carbocycles. The first-order valence-corrected chi connectivity index (χ1v) is 4.14. The van der Waals surface area contributed by atoms with E-state index in [1.54, 1.807) is 0 Å². The van der Waals surface area contributed by atoms with Gasteiger partial charge in [0.05, 0.1) is 0 Å². The van der Waals surface area contributed by atoms with Crippen LogP contribution in [0.1, 0.15) is 26.2 Å². The first-order valence-electron chi connectivity index (χ1n) is 4.14. The lowest BCUT2D eigenvalue weighted by molar-refractivity contribution is 0.149. The lowest BCUT2D eigenvalue weighted by atomic mass is 10.0. The minimum atomic E-state index is -0.190. The third kappa shape index (κ3) is 1.94. The van der Waals surface area contributed by atoms with E-state index in [2.05, 4.69) is 11.8 Å². The molecule has 0 saturated carbocycles. The maximum absolute atomic E-state index is 11.9. The Morgan fingerprint density at radius 2 is 2.30 bits per heavy atom. The van der Waals surface area contributed by atoms with Gasteiger partial charge in [-0.15, -0.1) is 0 Å². The average molecular weight is 145 g/mol. The van der Waals surface area contributed by atoms with Crippen LogP contribution in [-0.4, -0.2) is 30.7 Å². The van der Waals surface area contributed by atoms with E-state index in [0.717, 1.165) is 6.54 Å². The van der Waals surface area contributed by atoms with E-state index in [4.69, 9.17) is 0 Å². The molecule has 1 rings (SSSR count). The van der Waals surface area contributed by atoms with Gasteiger partial charge in [0.15, 0.2) is 0 Å². The van der Waals surface area contributed by atoms with Crippen molar-refractivity contribution in [1.29, 1.82) is 0 Å². The molecule has 1 aliphatic rings. The second kappa shape index (κ2) is 3.91. The molecular weight excluding hydrogens is 129 g/mol. The Kier molecular flexibility index (Phi) is 3.13. The zero-order valence-electron chi connectivity index (χ0n) is 6.65. The zero-order valence-corrected chi connectivity index (χ0v) is 6.65. The van der Waals surface area contributed by atoms with Crippen LogP contribution in [0.2, 0.25) is 0 Å². The summed E-state index contributed by atoms with van der Waals surface area (Å²) in [5, 5.41) is 0. The molecule has 1 fully saturated rings. The molecule has 0 radical (unpaired) electrons. The van der Waals surface area contributed by atoms with Crippen LogP contribution in [0.5, 0.6) is 0 Å². The number of nitrogens with zero attached hydrogens (tertiary/aromatic N) is 1. The Labute approximate surface area is 62.2 Å². The van der Waals surface area contributed by atoms with Gasteiger partial charge in [0.25, 0.3) is 0 Å². The third-order valence-electron chi connectivity index (χ3n) is 2.31. The van der Waals surface area contributed by atoms with Crippen LogP contribution in [0.4, 0.5) is 4.39 Å². The maximum atomic E-state index is 11.9. The lowest BCUT2D eigenvalue weighted by Gasteiger charge is -2.32. The van der Waals surface area contributed by atoms with Crippen LogP contribution in [0.3, 0.4) is 0 Å². The monoisotopic (exact) mass is 145 g/mol. The number of halogens is 1. The van der Waals surface area contributed by atoms with Crippen molar-refractivity contribution in [2.75, 3.05) is 19.8 Å². The van der Waals surface area contributed by atoms with E-state index in [-0.39, 0.29) is 6.67 Å². The fourth-order valence-corrected chi connectivity index (χ4v) is 1.60. The first-order chi connectivity index (χ1) is 4.84. The fraction of sp³-hybridized carbons (Fsp3) is 1.00. The predicted octanol–water partition coefficient (Wildman–Crippen LogP) is 1.83. The topological polar surface area (TPSA) is 3.24 Å². The van der Waals surface area contributed by atoms with Gasteiger partial charge in [0, 0.05) is 12.6 Å². The van der Waals surface area contributed by atoms with Crippen LogP contribution in [0.15, 0.2) is 0 Å². The van der Waals surface area contributed by atoms with Gasteiger partial charge in [0.2, 0.25) is 0 Å². The number of rotatable bonds is 2. The molecule has 2 heteroatoms. The van der Waals surface area contributed by atoms with E-state index in [9.17, 15) is 4.39 Å². The molecule has 60 valence electrons. The second-order valence-corrected chi connectivity index (χ2v) is 3.07. The predicted molar refractivity (Wildman–Crippen MR) is 40.9 cm³/mol. The molecule has 10 heavy (non-hydrogen) atoms. The smallest absolute Gasteiger partial charge is 0.102 e. The second-order valence-electron chi connectivity index (χ2n) is 3.07. The van der Waals surface area contributed by atoms with E-state index in [1.165, 1.54) is 19.3 Å². The Morgan fingerprint density at radius 3 is 2.90 bits per heavy atom. The van der Waals surface area contributed by atoms with Gasteiger partial charge in [-0.2, -0.15) is 0 Å². The van der Waals surface area contributed by atoms with Crippen LogP contribution in [0, 0.1) is 0 Å². The average Bonchev–Trinajstić information content (AvgIpc) is 1.94. The number of alkyl halides is 1. The molecule has 0 spiro atoms. The first kappa shape index (κ1) is 7.99. The highest BCUT2D eigenvalue weighted by Crippen LogP contribution is 2.15. The van der Waals surface area contributed by atoms with E-state index in [1.807, 2.05) is 0 Å². The molecule has 1 saturated heterocycles. The Hall–Kier alpha value is -0.110. The molecule has 0 bridgehead atoms. The molecule has 0 unspecified atom stereocenters. The van der Waals surface area contributed by atoms with E-state index in [0.29, 0.717) is 12.6 Å². The number of hydrogen-bond acceptors (Lipinski definition) is 1. The quantitative estimate of drug-likeness (QED) is 0.573. The summed E-state index contributed by atoms with van der Waals surface area (Å²) in [6.45, 7) is 3.74. The van der Waals surface area contributed by atoms with Gasteiger partial charge in [-0.05, 0) is 26.3 Å². The molecule has 0 N–H and O–H groups in total. The maximum Gasteiger partial charge on any atom is 0.102 e. The van der Waals surface area contributed by atoms with Crippen molar-refractivity contribution < 1.29 is 4.39 Å². The zero-order chi connectivity index (χ0) is 7.40. The van der Waals surface area contributed by atoms with Crippen LogP contribution in [0.25, 0.3) is 0 Å². The molecule has 1 atom stereocenters. The van der Waals surface area contributed by atoms with Gasteiger partial charge in [0.1, 0.15) is 6.67 Å². The van der Waals surface area contributed by atoms with Crippen molar-refractivity contribution in [3.8, 4) is 0 Å². The fourth-order valence-electron chi connectivity index (χ4n) is 1.60. The van der Waals surface area contributed by atoms with E-state index < -0.39 is 0 Å². The number of piperidine rings is 1. The largest absolute Gasteiger partial charge is 0.298 e. The van der Waals surface area contributed by atoms with Crippen LogP contribution in [-0.2, 0) is 0 Å². The highest BCUT2D eigenvalue weighted by Gasteiger charge is 2.16. The molecule has 1 heterocycles. The van der Waals surface area contributed by atoms with Gasteiger partial charge < -0.3 is 0 Å². The van der Waals surface area contributed by atoms with Crippen molar-refractivity contribution in [2.45, 2.75) is 32.2 Å². The Morgan fingerprint density at radius 1 is 1.50 bits per heavy atom. The summed E-state index contributed by atoms with van der Waals surface area (Å²) >= 11 is 0. The van der Waals surface area contributed by atoms with Crippen molar-refractivity contribution in [2.24, 2.45) is 0 Å². The van der Waals surface area contributed by atoms with Crippen LogP contribution >= 0.6 is 0 Å². The molecule has 0 aromatic rings. The summed E-state index contributed by atoms with van der Waals surface area (Å²) in [5.74, 6) is 0. The SMILES string of the molecule is C[C@@H]1CCCCN1CCF.